The van der Waals surface area contributed by atoms with Gasteiger partial charge in [0, 0.05) is 27.2 Å². The van der Waals surface area contributed by atoms with E-state index in [0.29, 0.717) is 19.1 Å². The van der Waals surface area contributed by atoms with Crippen LogP contribution < -0.4 is 9.47 Å². The number of hydrogen-bond acceptors (Lipinski definition) is 9. The van der Waals surface area contributed by atoms with Gasteiger partial charge in [-0.05, 0) is 60.2 Å². The van der Waals surface area contributed by atoms with E-state index in [0.717, 1.165) is 0 Å². The molecular weight excluding hydrogens is 641 g/mol. The maximum absolute atomic E-state index is 15.1. The molecule has 12 heteroatoms. The second-order valence-electron chi connectivity index (χ2n) is 11.1. The van der Waals surface area contributed by atoms with Crippen molar-refractivity contribution in [3.05, 3.63) is 89.7 Å². The van der Waals surface area contributed by atoms with E-state index in [-0.39, 0.29) is 46.7 Å². The Balaban J connectivity index is 1.52. The highest BCUT2D eigenvalue weighted by Gasteiger charge is 2.44. The van der Waals surface area contributed by atoms with Gasteiger partial charge < -0.3 is 28.8 Å². The summed E-state index contributed by atoms with van der Waals surface area (Å²) in [6.07, 6.45) is -7.26. The normalized spacial score (nSPS) is 29.7. The number of halogens is 1. The van der Waals surface area contributed by atoms with Crippen LogP contribution in [0.25, 0.3) is 0 Å². The molecule has 0 bridgehead atoms. The van der Waals surface area contributed by atoms with E-state index in [9.17, 15) is 18.3 Å². The molecule has 0 spiro atoms. The Labute approximate surface area is 301 Å². The average Bonchev–Trinajstić information content (AvgIpc) is 3.68. The number of methoxy groups -OCH3 is 1. The van der Waals surface area contributed by atoms with Gasteiger partial charge in [0.1, 0.15) is 18.4 Å². The first-order chi connectivity index (χ1) is 28.3. The number of nitrogens with zero attached hydrogens (tertiary/aromatic N) is 1. The smallest absolute Gasteiger partial charge is 0.306 e. The molecule has 2 aliphatic heterocycles. The fourth-order valence-corrected chi connectivity index (χ4v) is 6.48. The fourth-order valence-electron chi connectivity index (χ4n) is 5.13. The summed E-state index contributed by atoms with van der Waals surface area (Å²) in [4.78, 5) is 12.6. The molecule has 0 amide bonds. The molecule has 10 nitrogen and oxygen atoms in total. The number of hydrogen-bond donors (Lipinski definition) is 1. The Morgan fingerprint density at radius 3 is 2.71 bits per heavy atom. The van der Waals surface area contributed by atoms with Crippen LogP contribution in [-0.2, 0) is 42.0 Å². The van der Waals surface area contributed by atoms with Gasteiger partial charge in [0.2, 0.25) is 10.0 Å². The van der Waals surface area contributed by atoms with Crippen molar-refractivity contribution in [1.29, 1.82) is 0 Å². The van der Waals surface area contributed by atoms with Crippen LogP contribution in [-0.4, -0.2) is 75.5 Å². The zero-order chi connectivity index (χ0) is 46.5. The lowest BCUT2D eigenvalue weighted by atomic mass is 9.90. The van der Waals surface area contributed by atoms with Gasteiger partial charge in [-0.15, -0.1) is 0 Å². The maximum Gasteiger partial charge on any atom is 0.306 e. The number of carbonyl (C=O) groups excluding carboxylic acids is 1. The van der Waals surface area contributed by atoms with Gasteiger partial charge in [-0.2, -0.15) is 4.31 Å². The zero-order valence-corrected chi connectivity index (χ0v) is 26.5. The van der Waals surface area contributed by atoms with Crippen LogP contribution in [0, 0.1) is 23.5 Å². The Morgan fingerprint density at radius 1 is 1.19 bits per heavy atom. The second-order valence-corrected chi connectivity index (χ2v) is 13.0. The van der Waals surface area contributed by atoms with E-state index < -0.39 is 115 Å². The molecule has 0 radical (unpaired) electrons. The van der Waals surface area contributed by atoms with Crippen LogP contribution in [0.3, 0.4) is 0 Å². The fraction of sp³-hybridized carbons (Fsp3) is 0.472. The van der Waals surface area contributed by atoms with Crippen molar-refractivity contribution >= 4 is 16.0 Å². The monoisotopic (exact) mass is 699 g/mol. The van der Waals surface area contributed by atoms with Crippen molar-refractivity contribution in [2.45, 2.75) is 63.0 Å². The van der Waals surface area contributed by atoms with Crippen molar-refractivity contribution in [2.24, 2.45) is 17.7 Å². The van der Waals surface area contributed by atoms with Crippen LogP contribution in [0.2, 0.25) is 0 Å². The zero-order valence-electron chi connectivity index (χ0n) is 39.7. The number of aliphatic hydroxyl groups excluding tert-OH is 1. The highest BCUT2D eigenvalue weighted by atomic mass is 32.2. The highest BCUT2D eigenvalue weighted by Crippen LogP contribution is 2.34. The Morgan fingerprint density at radius 2 is 1.98 bits per heavy atom. The molecular formula is C36H44FNO9S. The molecule has 2 saturated heterocycles. The third kappa shape index (κ3) is 9.12. The predicted molar refractivity (Wildman–Crippen MR) is 175 cm³/mol. The molecule has 5 rings (SSSR count). The molecule has 0 aliphatic carbocycles. The standard InChI is InChI=1S/C36H44FNO9S/c1-24(2)20-38(48(41,42)29-13-14-33(43-3)31(37)19-29)21-32(39)27(18-35(40)47-34-23-46-36-30(34)15-16-44-36)17-25-9-11-28(12-10-25)45-22-26-7-5-4-6-8-26/h4-14,19,24,27,30,32,34,36,39H,15-18,20-23H2,1-3H3/t27-,30+,32-,34+,36-/m1/s1/i1D3,3D3,20D2,22D2,23D2,24D,34D/t24?,27-,30+,32-,34+,36-. The summed E-state index contributed by atoms with van der Waals surface area (Å²) in [5.74, 6) is -9.60. The van der Waals surface area contributed by atoms with E-state index in [1.165, 1.54) is 36.4 Å². The molecule has 1 unspecified atom stereocenters. The molecule has 2 heterocycles. The minimum atomic E-state index is -5.50. The summed E-state index contributed by atoms with van der Waals surface area (Å²) in [5.41, 5.74) is 0.491. The van der Waals surface area contributed by atoms with Crippen LogP contribution >= 0.6 is 0 Å². The maximum atomic E-state index is 15.1. The number of fused-ring (bicyclic) bond motifs is 1. The van der Waals surface area contributed by atoms with E-state index in [4.69, 9.17) is 38.1 Å². The molecule has 48 heavy (non-hydrogen) atoms. The van der Waals surface area contributed by atoms with Crippen molar-refractivity contribution in [3.63, 3.8) is 0 Å². The first-order valence-electron chi connectivity index (χ1n) is 21.9. The molecule has 2 fully saturated rings. The van der Waals surface area contributed by atoms with Gasteiger partial charge in [-0.3, -0.25) is 4.79 Å². The largest absolute Gasteiger partial charge is 0.494 e. The minimum Gasteiger partial charge on any atom is -0.494 e. The lowest BCUT2D eigenvalue weighted by Gasteiger charge is -2.30. The molecule has 0 saturated carbocycles. The van der Waals surface area contributed by atoms with E-state index in [2.05, 4.69) is 4.74 Å². The number of ether oxygens (including phenoxy) is 5. The Bertz CT molecular complexity index is 2180. The summed E-state index contributed by atoms with van der Waals surface area (Å²) < 4.78 is 183. The van der Waals surface area contributed by atoms with E-state index in [1.54, 1.807) is 18.2 Å². The van der Waals surface area contributed by atoms with E-state index in [1.807, 2.05) is 0 Å². The van der Waals surface area contributed by atoms with Gasteiger partial charge in [0.15, 0.2) is 17.9 Å². The lowest BCUT2D eigenvalue weighted by molar-refractivity contribution is -0.153. The van der Waals surface area contributed by atoms with Crippen molar-refractivity contribution in [2.75, 3.05) is 33.2 Å². The lowest BCUT2D eigenvalue weighted by Crippen LogP contribution is -2.43. The Hall–Kier alpha value is -3.55. The van der Waals surface area contributed by atoms with Crippen molar-refractivity contribution in [3.8, 4) is 11.5 Å². The van der Waals surface area contributed by atoms with Crippen LogP contribution in [0.1, 0.15) is 56.9 Å². The molecule has 3 aromatic carbocycles. The number of rotatable bonds is 16. The van der Waals surface area contributed by atoms with Crippen molar-refractivity contribution in [1.82, 2.24) is 4.31 Å². The number of sulfonamides is 1. The number of carbonyl (C=O) groups is 1. The number of aliphatic hydroxyl groups is 1. The second kappa shape index (κ2) is 16.2. The summed E-state index contributed by atoms with van der Waals surface area (Å²) in [6, 6.07) is 15.0. The number of esters is 1. The summed E-state index contributed by atoms with van der Waals surface area (Å²) in [5, 5.41) is 11.9. The first kappa shape index (κ1) is 21.5. The molecule has 6 atom stereocenters. The molecule has 3 aromatic rings. The van der Waals surface area contributed by atoms with Crippen molar-refractivity contribution < 1.29 is 65.6 Å². The number of benzene rings is 3. The van der Waals surface area contributed by atoms with Crippen LogP contribution in [0.4, 0.5) is 4.39 Å². The Kier molecular flexibility index (Phi) is 7.28. The van der Waals surface area contributed by atoms with Gasteiger partial charge >= 0.3 is 5.97 Å². The van der Waals surface area contributed by atoms with Gasteiger partial charge in [-0.1, -0.05) is 56.2 Å². The summed E-state index contributed by atoms with van der Waals surface area (Å²) in [7, 11) is -8.67. The molecule has 2 aliphatic rings. The SMILES string of the molecule is [2H]C([2H])([2H])Oc1ccc(S(=O)(=O)N(C[C@@H](O)[C@@H](CC(=O)O[C@]2([2H])[C@@H]3CCO[C@@H]3OC2([2H])[2H])Cc2ccc(OC([2H])([2H])c3ccccc3)cc2)C([2H])([2H])C([2H])(C)C([2H])([2H])[2H])cc1F. The van der Waals surface area contributed by atoms with Gasteiger partial charge in [0.25, 0.3) is 0 Å². The minimum absolute atomic E-state index is 0.0411. The molecule has 1 N–H and O–H groups in total. The topological polar surface area (TPSA) is 121 Å². The quantitative estimate of drug-likeness (QED) is 0.207. The summed E-state index contributed by atoms with van der Waals surface area (Å²) in [6.45, 7) is -13.2. The predicted octanol–water partition coefficient (Wildman–Crippen LogP) is 4.97. The highest BCUT2D eigenvalue weighted by molar-refractivity contribution is 7.89. The third-order valence-electron chi connectivity index (χ3n) is 7.58. The van der Waals surface area contributed by atoms with Gasteiger partial charge in [0.05, 0.1) is 54.5 Å². The van der Waals surface area contributed by atoms with Crippen LogP contribution in [0.15, 0.2) is 77.7 Å². The average molecular weight is 700 g/mol. The van der Waals surface area contributed by atoms with Crippen LogP contribution in [0.5, 0.6) is 11.5 Å². The summed E-state index contributed by atoms with van der Waals surface area (Å²) >= 11 is 0. The third-order valence-corrected chi connectivity index (χ3v) is 9.25. The molecule has 0 aromatic heterocycles. The van der Waals surface area contributed by atoms with E-state index >= 15 is 4.39 Å². The molecule has 260 valence electrons. The first-order valence-corrected chi connectivity index (χ1v) is 16.3. The van der Waals surface area contributed by atoms with Gasteiger partial charge in [-0.25, -0.2) is 12.8 Å².